The number of nitrogens with one attached hydrogen (secondary N) is 2. The van der Waals surface area contributed by atoms with Crippen molar-refractivity contribution in [2.24, 2.45) is 11.8 Å². The fourth-order valence-electron chi connectivity index (χ4n) is 8.36. The smallest absolute Gasteiger partial charge is 0.246 e. The molecule has 0 radical (unpaired) electrons. The minimum atomic E-state index is -1.18. The van der Waals surface area contributed by atoms with Crippen LogP contribution in [0.1, 0.15) is 44.1 Å². The minimum Gasteiger partial charge on any atom is -0.359 e. The second-order valence-corrected chi connectivity index (χ2v) is 14.6. The summed E-state index contributed by atoms with van der Waals surface area (Å²) in [7, 11) is 0. The number of hydrogen-bond acceptors (Lipinski definition) is 6. The van der Waals surface area contributed by atoms with Crippen molar-refractivity contribution in [2.75, 3.05) is 44.6 Å². The normalized spacial score (nSPS) is 29.3. The highest BCUT2D eigenvalue weighted by Gasteiger charge is 2.72. The molecule has 2 aromatic rings. The number of nitrogens with zero attached hydrogens (tertiary/aromatic N) is 3. The Hall–Kier alpha value is -2.95. The Bertz CT molecular complexity index is 1490. The van der Waals surface area contributed by atoms with Gasteiger partial charge in [-0.2, -0.15) is 0 Å². The van der Waals surface area contributed by atoms with Gasteiger partial charge >= 0.3 is 0 Å². The lowest BCUT2D eigenvalue weighted by Gasteiger charge is -2.36. The molecule has 1 saturated carbocycles. The molecule has 2 bridgehead atoms. The molecule has 0 unspecified atom stereocenters. The van der Waals surface area contributed by atoms with E-state index in [9.17, 15) is 14.4 Å². The first-order valence-corrected chi connectivity index (χ1v) is 17.8. The third kappa shape index (κ3) is 6.70. The molecule has 2 aromatic carbocycles. The van der Waals surface area contributed by atoms with E-state index in [0.29, 0.717) is 22.3 Å². The standard InChI is InChI=1S/C36H43Cl2N5O4/c37-25-20-26(38)22-28(21-25)40-33(44)30-29-12-13-36(47-29)31(30)35(46)43(32(36)34(45)39-27-10-5-2-6-11-27)15-7-14-41-16-18-42(19-17-41)23-24-8-3-1-4-9-24/h1,3-4,8-9,12-13,20-22,27,29-32H,2,5-7,10-11,14-19,23H2,(H,39,45)(H,40,44)/t29-,30+,31-,32-,36-/m0/s1. The minimum absolute atomic E-state index is 0.0880. The molecular weight excluding hydrogens is 637 g/mol. The maximum absolute atomic E-state index is 14.3. The summed E-state index contributed by atoms with van der Waals surface area (Å²) in [6.07, 6.45) is 9.06. The Morgan fingerprint density at radius 1 is 0.894 bits per heavy atom. The Morgan fingerprint density at radius 3 is 2.32 bits per heavy atom. The molecular formula is C36H43Cl2N5O4. The Morgan fingerprint density at radius 2 is 1.60 bits per heavy atom. The fraction of sp³-hybridized carbons (Fsp3) is 0.528. The van der Waals surface area contributed by atoms with Gasteiger partial charge in [0.1, 0.15) is 11.6 Å². The number of anilines is 1. The number of likely N-dealkylation sites (tertiary alicyclic amines) is 1. The van der Waals surface area contributed by atoms with Gasteiger partial charge in [0.05, 0.1) is 17.9 Å². The molecule has 5 atom stereocenters. The number of carbonyl (C=O) groups is 3. The summed E-state index contributed by atoms with van der Waals surface area (Å²) in [6, 6.07) is 14.6. The van der Waals surface area contributed by atoms with Crippen molar-refractivity contribution in [1.82, 2.24) is 20.0 Å². The highest BCUT2D eigenvalue weighted by Crippen LogP contribution is 2.55. The van der Waals surface area contributed by atoms with Crippen LogP contribution in [0, 0.1) is 11.8 Å². The van der Waals surface area contributed by atoms with Gasteiger partial charge in [0, 0.05) is 61.0 Å². The van der Waals surface area contributed by atoms with Gasteiger partial charge in [0.15, 0.2) is 0 Å². The van der Waals surface area contributed by atoms with Gasteiger partial charge in [-0.05, 0) is 49.6 Å². The van der Waals surface area contributed by atoms with E-state index in [1.54, 1.807) is 23.1 Å². The lowest BCUT2D eigenvalue weighted by atomic mass is 9.74. The molecule has 3 saturated heterocycles. The van der Waals surface area contributed by atoms with E-state index in [1.807, 2.05) is 18.2 Å². The Labute approximate surface area is 286 Å². The van der Waals surface area contributed by atoms with Gasteiger partial charge in [-0.25, -0.2) is 0 Å². The molecule has 11 heteroatoms. The van der Waals surface area contributed by atoms with E-state index in [-0.39, 0.29) is 23.8 Å². The average molecular weight is 681 g/mol. The zero-order chi connectivity index (χ0) is 32.5. The Balaban J connectivity index is 1.04. The van der Waals surface area contributed by atoms with Crippen LogP contribution in [0.4, 0.5) is 5.69 Å². The summed E-state index contributed by atoms with van der Waals surface area (Å²) in [5.41, 5.74) is 0.591. The van der Waals surface area contributed by atoms with Crippen LogP contribution >= 0.6 is 23.2 Å². The second-order valence-electron chi connectivity index (χ2n) is 13.7. The number of ether oxygens (including phenoxy) is 1. The van der Waals surface area contributed by atoms with Crippen molar-refractivity contribution >= 4 is 46.6 Å². The molecule has 0 aromatic heterocycles. The largest absolute Gasteiger partial charge is 0.359 e. The monoisotopic (exact) mass is 679 g/mol. The van der Waals surface area contributed by atoms with Gasteiger partial charge in [-0.1, -0.05) is 84.9 Å². The Kier molecular flexibility index (Phi) is 9.63. The van der Waals surface area contributed by atoms with Crippen molar-refractivity contribution in [2.45, 2.75) is 68.9 Å². The zero-order valence-electron chi connectivity index (χ0n) is 26.6. The van der Waals surface area contributed by atoms with Crippen LogP contribution in [0.2, 0.25) is 10.0 Å². The number of carbonyl (C=O) groups excluding carboxylic acids is 3. The van der Waals surface area contributed by atoms with Gasteiger partial charge < -0.3 is 25.2 Å². The molecule has 4 aliphatic heterocycles. The summed E-state index contributed by atoms with van der Waals surface area (Å²) in [5.74, 6) is -2.30. The highest BCUT2D eigenvalue weighted by atomic mass is 35.5. The van der Waals surface area contributed by atoms with Gasteiger partial charge in [-0.15, -0.1) is 0 Å². The molecule has 1 aliphatic carbocycles. The molecule has 2 N–H and O–H groups in total. The van der Waals surface area contributed by atoms with Crippen LogP contribution in [0.5, 0.6) is 0 Å². The van der Waals surface area contributed by atoms with Crippen molar-refractivity contribution in [3.8, 4) is 0 Å². The molecule has 4 heterocycles. The van der Waals surface area contributed by atoms with Crippen molar-refractivity contribution in [3.63, 3.8) is 0 Å². The molecule has 3 amide bonds. The summed E-state index contributed by atoms with van der Waals surface area (Å²) in [4.78, 5) is 48.9. The topological polar surface area (TPSA) is 94.2 Å². The molecule has 1 spiro atoms. The quantitative estimate of drug-likeness (QED) is 0.353. The second kappa shape index (κ2) is 13.9. The van der Waals surface area contributed by atoms with Crippen LogP contribution < -0.4 is 10.6 Å². The molecule has 9 nitrogen and oxygen atoms in total. The first-order chi connectivity index (χ1) is 22.8. The average Bonchev–Trinajstić information content (AvgIpc) is 3.70. The maximum Gasteiger partial charge on any atom is 0.246 e. The van der Waals surface area contributed by atoms with E-state index in [2.05, 4.69) is 44.7 Å². The number of fused-ring (bicyclic) bond motifs is 1. The molecule has 250 valence electrons. The van der Waals surface area contributed by atoms with Crippen LogP contribution in [-0.4, -0.2) is 95.5 Å². The fourth-order valence-corrected chi connectivity index (χ4v) is 8.89. The number of amides is 3. The summed E-state index contributed by atoms with van der Waals surface area (Å²) >= 11 is 12.4. The number of piperazine rings is 1. The summed E-state index contributed by atoms with van der Waals surface area (Å²) in [6.45, 7) is 6.10. The molecule has 47 heavy (non-hydrogen) atoms. The van der Waals surface area contributed by atoms with Crippen LogP contribution in [0.25, 0.3) is 0 Å². The van der Waals surface area contributed by atoms with Gasteiger partial charge in [-0.3, -0.25) is 19.3 Å². The SMILES string of the molecule is O=C(Nc1cc(Cl)cc(Cl)c1)[C@@H]1[C@@H]2C=C[C@]3(O2)[C@@H]1C(=O)N(CCCN1CCN(Cc2ccccc2)CC1)[C@H]3C(=O)NC1CCCCC1. The number of benzene rings is 2. The lowest BCUT2D eigenvalue weighted by molar-refractivity contribution is -0.141. The van der Waals surface area contributed by atoms with Crippen molar-refractivity contribution in [3.05, 3.63) is 76.3 Å². The van der Waals surface area contributed by atoms with E-state index in [1.165, 1.54) is 12.0 Å². The lowest BCUT2D eigenvalue weighted by Crippen LogP contribution is -2.56. The molecule has 5 aliphatic rings. The molecule has 7 rings (SSSR count). The van der Waals surface area contributed by atoms with Crippen LogP contribution in [0.15, 0.2) is 60.7 Å². The number of rotatable bonds is 10. The van der Waals surface area contributed by atoms with E-state index < -0.39 is 29.6 Å². The highest BCUT2D eigenvalue weighted by molar-refractivity contribution is 6.35. The van der Waals surface area contributed by atoms with E-state index >= 15 is 0 Å². The third-order valence-corrected chi connectivity index (χ3v) is 11.0. The molecule has 4 fully saturated rings. The predicted octanol–water partition coefficient (Wildman–Crippen LogP) is 4.74. The van der Waals surface area contributed by atoms with E-state index in [0.717, 1.165) is 71.4 Å². The van der Waals surface area contributed by atoms with Crippen LogP contribution in [-0.2, 0) is 25.7 Å². The van der Waals surface area contributed by atoms with E-state index in [4.69, 9.17) is 27.9 Å². The van der Waals surface area contributed by atoms with Crippen LogP contribution in [0.3, 0.4) is 0 Å². The van der Waals surface area contributed by atoms with Crippen molar-refractivity contribution < 1.29 is 19.1 Å². The maximum atomic E-state index is 14.3. The van der Waals surface area contributed by atoms with Gasteiger partial charge in [0.2, 0.25) is 17.7 Å². The van der Waals surface area contributed by atoms with Crippen molar-refractivity contribution in [1.29, 1.82) is 0 Å². The first-order valence-electron chi connectivity index (χ1n) is 17.0. The summed E-state index contributed by atoms with van der Waals surface area (Å²) < 4.78 is 6.52. The first kappa shape index (κ1) is 32.6. The predicted molar refractivity (Wildman–Crippen MR) is 182 cm³/mol. The number of halogens is 2. The van der Waals surface area contributed by atoms with Gasteiger partial charge in [0.25, 0.3) is 0 Å². The zero-order valence-corrected chi connectivity index (χ0v) is 28.1. The number of hydrogen-bond donors (Lipinski definition) is 2. The third-order valence-electron chi connectivity index (χ3n) is 10.6. The summed E-state index contributed by atoms with van der Waals surface area (Å²) in [5, 5.41) is 6.97.